The van der Waals surface area contributed by atoms with Crippen molar-refractivity contribution < 1.29 is 13.6 Å². The van der Waals surface area contributed by atoms with Crippen molar-refractivity contribution in [1.82, 2.24) is 0 Å². The van der Waals surface area contributed by atoms with Crippen LogP contribution in [0.15, 0.2) is 62.2 Å². The third-order valence-corrected chi connectivity index (χ3v) is 3.93. The number of benzene rings is 2. The number of hydrogen-bond acceptors (Lipinski definition) is 4. The molecule has 2 heterocycles. The van der Waals surface area contributed by atoms with Crippen molar-refractivity contribution in [3.05, 3.63) is 64.0 Å². The third-order valence-electron chi connectivity index (χ3n) is 3.69. The van der Waals surface area contributed by atoms with Crippen LogP contribution in [0.5, 0.6) is 5.75 Å². The van der Waals surface area contributed by atoms with Gasteiger partial charge in [-0.05, 0) is 42.5 Å². The van der Waals surface area contributed by atoms with E-state index in [0.29, 0.717) is 33.3 Å². The molecule has 114 valence electrons. The highest BCUT2D eigenvalue weighted by molar-refractivity contribution is 6.31. The molecule has 23 heavy (non-hydrogen) atoms. The molecule has 0 radical (unpaired) electrons. The second-order valence-electron chi connectivity index (χ2n) is 5.13. The van der Waals surface area contributed by atoms with Crippen LogP contribution in [0.1, 0.15) is 0 Å². The van der Waals surface area contributed by atoms with E-state index in [-0.39, 0.29) is 0 Å². The predicted octanol–water partition coefficient (Wildman–Crippen LogP) is 4.87. The zero-order chi connectivity index (χ0) is 16.0. The summed E-state index contributed by atoms with van der Waals surface area (Å²) in [6, 6.07) is 13.9. The van der Waals surface area contributed by atoms with E-state index in [2.05, 4.69) is 0 Å². The Morgan fingerprint density at radius 3 is 2.61 bits per heavy atom. The number of ether oxygens (including phenoxy) is 1. The first kappa shape index (κ1) is 13.9. The van der Waals surface area contributed by atoms with Crippen LogP contribution in [0.3, 0.4) is 0 Å². The van der Waals surface area contributed by atoms with Crippen LogP contribution in [-0.4, -0.2) is 7.11 Å². The number of fused-ring (bicyclic) bond motifs is 2. The molecule has 0 amide bonds. The van der Waals surface area contributed by atoms with Gasteiger partial charge in [-0.3, -0.25) is 0 Å². The molecule has 0 atom stereocenters. The summed E-state index contributed by atoms with van der Waals surface area (Å²) in [6.07, 6.45) is 0. The number of rotatable bonds is 2. The van der Waals surface area contributed by atoms with E-state index in [4.69, 9.17) is 25.2 Å². The van der Waals surface area contributed by atoms with Gasteiger partial charge >= 0.3 is 5.63 Å². The third kappa shape index (κ3) is 2.37. The molecule has 0 aliphatic carbocycles. The highest BCUT2D eigenvalue weighted by atomic mass is 35.5. The van der Waals surface area contributed by atoms with Crippen LogP contribution in [0.25, 0.3) is 33.3 Å². The first-order valence-corrected chi connectivity index (χ1v) is 7.33. The summed E-state index contributed by atoms with van der Waals surface area (Å²) >= 11 is 6.01. The molecule has 0 aliphatic heterocycles. The van der Waals surface area contributed by atoms with E-state index in [1.807, 2.05) is 18.2 Å². The SMILES string of the molecule is COc1ccc2oc(=O)cc(-c3cc4cc(Cl)ccc4o3)c2c1. The van der Waals surface area contributed by atoms with Crippen molar-refractivity contribution in [3.63, 3.8) is 0 Å². The van der Waals surface area contributed by atoms with Crippen LogP contribution in [0, 0.1) is 0 Å². The summed E-state index contributed by atoms with van der Waals surface area (Å²) < 4.78 is 16.4. The highest BCUT2D eigenvalue weighted by Crippen LogP contribution is 2.34. The Bertz CT molecular complexity index is 1090. The van der Waals surface area contributed by atoms with Gasteiger partial charge in [0.2, 0.25) is 0 Å². The van der Waals surface area contributed by atoms with Gasteiger partial charge in [0.25, 0.3) is 0 Å². The number of hydrogen-bond donors (Lipinski definition) is 0. The van der Waals surface area contributed by atoms with Gasteiger partial charge in [0, 0.05) is 27.4 Å². The lowest BCUT2D eigenvalue weighted by atomic mass is 10.1. The van der Waals surface area contributed by atoms with Crippen molar-refractivity contribution in [3.8, 4) is 17.1 Å². The Hall–Kier alpha value is -2.72. The summed E-state index contributed by atoms with van der Waals surface area (Å²) in [5.74, 6) is 1.25. The Kier molecular flexibility index (Phi) is 3.13. The molecule has 0 spiro atoms. The lowest BCUT2D eigenvalue weighted by Crippen LogP contribution is -1.98. The minimum atomic E-state index is -0.434. The molecule has 4 aromatic rings. The highest BCUT2D eigenvalue weighted by Gasteiger charge is 2.13. The fourth-order valence-electron chi connectivity index (χ4n) is 2.62. The molecule has 0 saturated carbocycles. The Morgan fingerprint density at radius 1 is 0.957 bits per heavy atom. The quantitative estimate of drug-likeness (QED) is 0.493. The molecule has 4 nitrogen and oxygen atoms in total. The molecular formula is C18H11ClO4. The van der Waals surface area contributed by atoms with Gasteiger partial charge in [-0.1, -0.05) is 11.6 Å². The second-order valence-corrected chi connectivity index (χ2v) is 5.57. The first-order valence-electron chi connectivity index (χ1n) is 6.95. The summed E-state index contributed by atoms with van der Waals surface area (Å²) in [7, 11) is 1.59. The van der Waals surface area contributed by atoms with E-state index < -0.39 is 5.63 Å². The molecule has 0 N–H and O–H groups in total. The maximum absolute atomic E-state index is 11.8. The zero-order valence-corrected chi connectivity index (χ0v) is 12.9. The van der Waals surface area contributed by atoms with Crippen molar-refractivity contribution in [2.45, 2.75) is 0 Å². The average molecular weight is 327 g/mol. The molecule has 0 fully saturated rings. The van der Waals surface area contributed by atoms with Crippen LogP contribution >= 0.6 is 11.6 Å². The first-order chi connectivity index (χ1) is 11.1. The van der Waals surface area contributed by atoms with Crippen LogP contribution < -0.4 is 10.4 Å². The van der Waals surface area contributed by atoms with E-state index in [9.17, 15) is 4.79 Å². The molecule has 2 aromatic carbocycles. The van der Waals surface area contributed by atoms with Crippen LogP contribution in [-0.2, 0) is 0 Å². The fraction of sp³-hybridized carbons (Fsp3) is 0.0556. The topological polar surface area (TPSA) is 52.6 Å². The van der Waals surface area contributed by atoms with E-state index in [1.165, 1.54) is 6.07 Å². The normalized spacial score (nSPS) is 11.2. The summed E-state index contributed by atoms with van der Waals surface area (Å²) in [4.78, 5) is 11.8. The van der Waals surface area contributed by atoms with Gasteiger partial charge in [0.15, 0.2) is 0 Å². The summed E-state index contributed by atoms with van der Waals surface area (Å²) in [5, 5.41) is 2.25. The Labute approximate surface area is 135 Å². The molecule has 0 aliphatic rings. The molecule has 0 unspecified atom stereocenters. The fourth-order valence-corrected chi connectivity index (χ4v) is 2.80. The van der Waals surface area contributed by atoms with Gasteiger partial charge < -0.3 is 13.6 Å². The van der Waals surface area contributed by atoms with Gasteiger partial charge in [0.05, 0.1) is 7.11 Å². The standard InChI is InChI=1S/C18H11ClO4/c1-21-12-3-5-16-13(8-12)14(9-18(20)23-16)17-7-10-6-11(19)2-4-15(10)22-17/h2-9H,1H3. The minimum absolute atomic E-state index is 0.434. The van der Waals surface area contributed by atoms with Gasteiger partial charge in [-0.2, -0.15) is 0 Å². The molecule has 5 heteroatoms. The molecule has 0 saturated heterocycles. The maximum atomic E-state index is 11.8. The van der Waals surface area contributed by atoms with Crippen molar-refractivity contribution in [2.24, 2.45) is 0 Å². The second kappa shape index (κ2) is 5.18. The molecular weight excluding hydrogens is 316 g/mol. The van der Waals surface area contributed by atoms with Gasteiger partial charge in [-0.15, -0.1) is 0 Å². The number of halogens is 1. The minimum Gasteiger partial charge on any atom is -0.497 e. The lowest BCUT2D eigenvalue weighted by Gasteiger charge is -2.05. The van der Waals surface area contributed by atoms with Gasteiger partial charge in [0.1, 0.15) is 22.7 Å². The van der Waals surface area contributed by atoms with Crippen molar-refractivity contribution >= 4 is 33.5 Å². The summed E-state index contributed by atoms with van der Waals surface area (Å²) in [6.45, 7) is 0. The van der Waals surface area contributed by atoms with E-state index >= 15 is 0 Å². The van der Waals surface area contributed by atoms with Crippen LogP contribution in [0.2, 0.25) is 5.02 Å². The zero-order valence-electron chi connectivity index (χ0n) is 12.1. The molecule has 4 rings (SSSR count). The van der Waals surface area contributed by atoms with Crippen molar-refractivity contribution in [1.29, 1.82) is 0 Å². The van der Waals surface area contributed by atoms with Gasteiger partial charge in [-0.25, -0.2) is 4.79 Å². The Balaban J connectivity index is 2.03. The average Bonchev–Trinajstić information content (AvgIpc) is 2.96. The van der Waals surface area contributed by atoms with Crippen molar-refractivity contribution in [2.75, 3.05) is 7.11 Å². The van der Waals surface area contributed by atoms with E-state index in [1.54, 1.807) is 31.4 Å². The lowest BCUT2D eigenvalue weighted by molar-refractivity contribution is 0.415. The Morgan fingerprint density at radius 2 is 1.78 bits per heavy atom. The predicted molar refractivity (Wildman–Crippen MR) is 89.3 cm³/mol. The maximum Gasteiger partial charge on any atom is 0.336 e. The largest absolute Gasteiger partial charge is 0.497 e. The smallest absolute Gasteiger partial charge is 0.336 e. The number of methoxy groups -OCH3 is 1. The van der Waals surface area contributed by atoms with E-state index in [0.717, 1.165) is 10.8 Å². The molecule has 0 bridgehead atoms. The monoisotopic (exact) mass is 326 g/mol. The number of furan rings is 1. The molecule has 2 aromatic heterocycles. The van der Waals surface area contributed by atoms with Crippen LogP contribution in [0.4, 0.5) is 0 Å². The summed E-state index contributed by atoms with van der Waals surface area (Å²) in [5.41, 5.74) is 1.40.